The summed E-state index contributed by atoms with van der Waals surface area (Å²) in [6.45, 7) is 12.9. The molecule has 100 valence electrons. The number of hydrogen-bond acceptors (Lipinski definition) is 5. The minimum Gasteiger partial charge on any atom is -0.249 e. The zero-order chi connectivity index (χ0) is 13.8. The van der Waals surface area contributed by atoms with Crippen molar-refractivity contribution >= 4 is 22.7 Å². The normalized spacial score (nSPS) is 11.9. The van der Waals surface area contributed by atoms with Crippen LogP contribution >= 0.6 is 22.7 Å². The standard InChI is InChI=1S/C7H11NS.C6H10N2S/c1-7(2,3)6-8-4-5-9-6;1-6(2,3)5-8-7-4-9-5/h4-5H,1-3H3;4H,1-3H3. The van der Waals surface area contributed by atoms with Crippen molar-refractivity contribution in [1.82, 2.24) is 15.2 Å². The smallest absolute Gasteiger partial charge is 0.122 e. The van der Waals surface area contributed by atoms with Crippen LogP contribution in [0.4, 0.5) is 0 Å². The van der Waals surface area contributed by atoms with Crippen LogP contribution in [-0.2, 0) is 10.8 Å². The van der Waals surface area contributed by atoms with E-state index in [0.29, 0.717) is 0 Å². The maximum absolute atomic E-state index is 4.21. The Morgan fingerprint density at radius 1 is 0.889 bits per heavy atom. The second-order valence-electron chi connectivity index (χ2n) is 6.08. The molecule has 3 nitrogen and oxygen atoms in total. The van der Waals surface area contributed by atoms with E-state index in [0.717, 1.165) is 5.01 Å². The SMILES string of the molecule is CC(C)(C)c1nccs1.CC(C)(C)c1nncs1. The molecular formula is C13H21N3S2. The van der Waals surface area contributed by atoms with Gasteiger partial charge in [-0.3, -0.25) is 0 Å². The molecule has 0 aromatic carbocycles. The Morgan fingerprint density at radius 3 is 1.72 bits per heavy atom. The monoisotopic (exact) mass is 283 g/mol. The van der Waals surface area contributed by atoms with Crippen molar-refractivity contribution in [2.45, 2.75) is 52.4 Å². The highest BCUT2D eigenvalue weighted by atomic mass is 32.1. The second-order valence-corrected chi connectivity index (χ2v) is 7.81. The summed E-state index contributed by atoms with van der Waals surface area (Å²) >= 11 is 3.33. The fraction of sp³-hybridized carbons (Fsp3) is 0.615. The van der Waals surface area contributed by atoms with Gasteiger partial charge in [0.1, 0.15) is 10.5 Å². The molecular weight excluding hydrogens is 262 g/mol. The first kappa shape index (κ1) is 15.2. The number of thiazole rings is 1. The maximum atomic E-state index is 4.21. The zero-order valence-corrected chi connectivity index (χ0v) is 13.5. The van der Waals surface area contributed by atoms with Crippen molar-refractivity contribution in [2.24, 2.45) is 0 Å². The average Bonchev–Trinajstić information content (AvgIpc) is 2.91. The molecule has 0 bridgehead atoms. The van der Waals surface area contributed by atoms with Gasteiger partial charge in [-0.05, 0) is 0 Å². The van der Waals surface area contributed by atoms with E-state index < -0.39 is 0 Å². The lowest BCUT2D eigenvalue weighted by Gasteiger charge is -2.12. The van der Waals surface area contributed by atoms with Crippen LogP contribution in [0.1, 0.15) is 51.6 Å². The van der Waals surface area contributed by atoms with E-state index >= 15 is 0 Å². The first-order valence-corrected chi connectivity index (χ1v) is 7.64. The molecule has 0 saturated heterocycles. The summed E-state index contributed by atoms with van der Waals surface area (Å²) in [6, 6.07) is 0. The summed E-state index contributed by atoms with van der Waals surface area (Å²) in [7, 11) is 0. The van der Waals surface area contributed by atoms with E-state index in [-0.39, 0.29) is 10.8 Å². The molecule has 0 aliphatic carbocycles. The van der Waals surface area contributed by atoms with Crippen molar-refractivity contribution in [3.63, 3.8) is 0 Å². The van der Waals surface area contributed by atoms with Gasteiger partial charge in [-0.1, -0.05) is 41.5 Å². The fourth-order valence-electron chi connectivity index (χ4n) is 1.09. The number of aromatic nitrogens is 3. The van der Waals surface area contributed by atoms with Crippen LogP contribution in [-0.4, -0.2) is 15.2 Å². The lowest BCUT2D eigenvalue weighted by atomic mass is 9.98. The van der Waals surface area contributed by atoms with E-state index in [1.807, 2.05) is 11.6 Å². The van der Waals surface area contributed by atoms with Crippen LogP contribution in [0.15, 0.2) is 17.1 Å². The Kier molecular flexibility index (Phi) is 4.99. The first-order valence-electron chi connectivity index (χ1n) is 5.88. The highest BCUT2D eigenvalue weighted by Gasteiger charge is 2.16. The lowest BCUT2D eigenvalue weighted by molar-refractivity contribution is 0.578. The van der Waals surface area contributed by atoms with Crippen LogP contribution in [0.2, 0.25) is 0 Å². The van der Waals surface area contributed by atoms with Gasteiger partial charge in [0.2, 0.25) is 0 Å². The van der Waals surface area contributed by atoms with Crippen molar-refractivity contribution < 1.29 is 0 Å². The number of hydrogen-bond donors (Lipinski definition) is 0. The summed E-state index contributed by atoms with van der Waals surface area (Å²) in [4.78, 5) is 4.21. The molecule has 2 aromatic rings. The van der Waals surface area contributed by atoms with E-state index in [1.54, 1.807) is 28.2 Å². The third kappa shape index (κ3) is 4.82. The summed E-state index contributed by atoms with van der Waals surface area (Å²) in [5.74, 6) is 0. The molecule has 0 aliphatic rings. The van der Waals surface area contributed by atoms with Gasteiger partial charge in [-0.2, -0.15) is 0 Å². The molecule has 0 radical (unpaired) electrons. The van der Waals surface area contributed by atoms with Crippen molar-refractivity contribution in [3.8, 4) is 0 Å². The Labute approximate surface area is 117 Å². The molecule has 0 saturated carbocycles. The van der Waals surface area contributed by atoms with Gasteiger partial charge in [0.15, 0.2) is 0 Å². The predicted octanol–water partition coefficient (Wildman–Crippen LogP) is 4.28. The highest BCUT2D eigenvalue weighted by molar-refractivity contribution is 7.09. The van der Waals surface area contributed by atoms with Crippen LogP contribution in [0.25, 0.3) is 0 Å². The number of nitrogens with zero attached hydrogens (tertiary/aromatic N) is 3. The van der Waals surface area contributed by atoms with E-state index in [1.165, 1.54) is 5.01 Å². The van der Waals surface area contributed by atoms with Crippen LogP contribution in [0, 0.1) is 0 Å². The minimum absolute atomic E-state index is 0.168. The molecule has 2 heterocycles. The molecule has 2 rings (SSSR count). The summed E-state index contributed by atoms with van der Waals surface area (Å²) in [5, 5.41) is 12.0. The minimum atomic E-state index is 0.168. The third-order valence-corrected chi connectivity index (χ3v) is 4.39. The van der Waals surface area contributed by atoms with E-state index in [9.17, 15) is 0 Å². The van der Waals surface area contributed by atoms with Crippen molar-refractivity contribution in [3.05, 3.63) is 27.1 Å². The summed E-state index contributed by atoms with van der Waals surface area (Å²) in [6.07, 6.45) is 1.85. The van der Waals surface area contributed by atoms with Crippen LogP contribution in [0.5, 0.6) is 0 Å². The van der Waals surface area contributed by atoms with Gasteiger partial charge in [-0.15, -0.1) is 32.9 Å². The Bertz CT molecular complexity index is 389. The van der Waals surface area contributed by atoms with Gasteiger partial charge in [0, 0.05) is 22.4 Å². The molecule has 0 fully saturated rings. The second kappa shape index (κ2) is 5.89. The molecule has 0 amide bonds. The maximum Gasteiger partial charge on any atom is 0.122 e. The van der Waals surface area contributed by atoms with Gasteiger partial charge < -0.3 is 0 Å². The predicted molar refractivity (Wildman–Crippen MR) is 79.4 cm³/mol. The Balaban J connectivity index is 0.000000180. The molecule has 0 unspecified atom stereocenters. The topological polar surface area (TPSA) is 38.7 Å². The van der Waals surface area contributed by atoms with Gasteiger partial charge >= 0.3 is 0 Å². The van der Waals surface area contributed by atoms with E-state index in [2.05, 4.69) is 56.7 Å². The van der Waals surface area contributed by atoms with E-state index in [4.69, 9.17) is 0 Å². The van der Waals surface area contributed by atoms with Crippen LogP contribution < -0.4 is 0 Å². The Hall–Kier alpha value is -0.810. The molecule has 18 heavy (non-hydrogen) atoms. The molecule has 0 atom stereocenters. The lowest BCUT2D eigenvalue weighted by Crippen LogP contribution is -2.10. The largest absolute Gasteiger partial charge is 0.249 e. The zero-order valence-electron chi connectivity index (χ0n) is 11.9. The third-order valence-electron chi connectivity index (χ3n) is 2.08. The number of rotatable bonds is 0. The molecule has 0 spiro atoms. The molecule has 0 N–H and O–H groups in total. The van der Waals surface area contributed by atoms with Gasteiger partial charge in [0.25, 0.3) is 0 Å². The highest BCUT2D eigenvalue weighted by Crippen LogP contribution is 2.23. The van der Waals surface area contributed by atoms with Gasteiger partial charge in [0.05, 0.1) is 5.01 Å². The average molecular weight is 283 g/mol. The fourth-order valence-corrected chi connectivity index (χ4v) is 2.46. The first-order chi connectivity index (χ1) is 8.21. The van der Waals surface area contributed by atoms with Crippen LogP contribution in [0.3, 0.4) is 0 Å². The molecule has 0 aliphatic heterocycles. The van der Waals surface area contributed by atoms with Crippen molar-refractivity contribution in [2.75, 3.05) is 0 Å². The van der Waals surface area contributed by atoms with Gasteiger partial charge in [-0.25, -0.2) is 4.98 Å². The Morgan fingerprint density at radius 2 is 1.50 bits per heavy atom. The van der Waals surface area contributed by atoms with Crippen molar-refractivity contribution in [1.29, 1.82) is 0 Å². The quantitative estimate of drug-likeness (QED) is 0.724. The summed E-state index contributed by atoms with van der Waals surface area (Å²) in [5.41, 5.74) is 2.16. The molecule has 5 heteroatoms. The molecule has 2 aromatic heterocycles. The summed E-state index contributed by atoms with van der Waals surface area (Å²) < 4.78 is 0.